The van der Waals surface area contributed by atoms with Crippen molar-refractivity contribution >= 4 is 27.5 Å². The molecule has 0 aliphatic carbocycles. The van der Waals surface area contributed by atoms with E-state index in [9.17, 15) is 13.2 Å². The summed E-state index contributed by atoms with van der Waals surface area (Å²) in [5.74, 6) is -0.229. The number of nitrogens with zero attached hydrogens (tertiary/aromatic N) is 1. The van der Waals surface area contributed by atoms with Crippen LogP contribution in [0.5, 0.6) is 0 Å². The third-order valence-corrected chi connectivity index (χ3v) is 4.88. The number of primary sulfonamides is 1. The van der Waals surface area contributed by atoms with E-state index in [-0.39, 0.29) is 21.4 Å². The smallest absolute Gasteiger partial charge is 0.255 e. The van der Waals surface area contributed by atoms with Crippen LogP contribution in [0.25, 0.3) is 0 Å². The minimum Gasteiger partial charge on any atom is -0.339 e. The minimum atomic E-state index is -3.85. The molecule has 0 spiro atoms. The standard InChI is InChI=1S/C14H19ClN2O3S/c15-13-7-6-11(21(16,19)20)10-12(13)14(18)17-8-4-2-1-3-5-9-17/h6-7,10H,1-5,8-9H2,(H2,16,19,20). The summed E-state index contributed by atoms with van der Waals surface area (Å²) in [6.07, 6.45) is 5.32. The van der Waals surface area contributed by atoms with Gasteiger partial charge in [-0.1, -0.05) is 30.9 Å². The molecule has 1 aliphatic heterocycles. The molecule has 1 aromatic rings. The molecule has 1 aromatic carbocycles. The molecule has 0 bridgehead atoms. The van der Waals surface area contributed by atoms with Gasteiger partial charge in [-0.05, 0) is 31.0 Å². The van der Waals surface area contributed by atoms with Crippen LogP contribution >= 0.6 is 11.6 Å². The zero-order chi connectivity index (χ0) is 15.5. The average Bonchev–Trinajstić information content (AvgIpc) is 2.36. The Morgan fingerprint density at radius 2 is 1.67 bits per heavy atom. The molecular formula is C14H19ClN2O3S. The van der Waals surface area contributed by atoms with Gasteiger partial charge >= 0.3 is 0 Å². The first-order valence-electron chi connectivity index (χ1n) is 7.01. The van der Waals surface area contributed by atoms with Crippen molar-refractivity contribution in [1.82, 2.24) is 4.90 Å². The molecule has 21 heavy (non-hydrogen) atoms. The first-order chi connectivity index (χ1) is 9.89. The Hall–Kier alpha value is -1.11. The third kappa shape index (κ3) is 4.18. The highest BCUT2D eigenvalue weighted by Gasteiger charge is 2.21. The first-order valence-corrected chi connectivity index (χ1v) is 8.93. The van der Waals surface area contributed by atoms with E-state index in [1.54, 1.807) is 4.90 Å². The lowest BCUT2D eigenvalue weighted by molar-refractivity contribution is 0.0742. The van der Waals surface area contributed by atoms with Crippen molar-refractivity contribution in [3.8, 4) is 0 Å². The molecule has 5 nitrogen and oxygen atoms in total. The van der Waals surface area contributed by atoms with E-state index in [1.165, 1.54) is 24.6 Å². The van der Waals surface area contributed by atoms with E-state index in [4.69, 9.17) is 16.7 Å². The van der Waals surface area contributed by atoms with Gasteiger partial charge in [-0.25, -0.2) is 13.6 Å². The maximum atomic E-state index is 12.6. The van der Waals surface area contributed by atoms with Gasteiger partial charge in [-0.15, -0.1) is 0 Å². The highest BCUT2D eigenvalue weighted by molar-refractivity contribution is 7.89. The molecule has 1 amide bonds. The summed E-state index contributed by atoms with van der Waals surface area (Å²) in [6, 6.07) is 3.97. The molecule has 2 rings (SSSR count). The van der Waals surface area contributed by atoms with Crippen LogP contribution in [0.3, 0.4) is 0 Å². The van der Waals surface area contributed by atoms with Crippen LogP contribution in [-0.4, -0.2) is 32.3 Å². The molecule has 2 N–H and O–H groups in total. The second-order valence-electron chi connectivity index (χ2n) is 5.25. The number of sulfonamides is 1. The van der Waals surface area contributed by atoms with Gasteiger partial charge in [-0.2, -0.15) is 0 Å². The van der Waals surface area contributed by atoms with Crippen LogP contribution in [0.4, 0.5) is 0 Å². The van der Waals surface area contributed by atoms with Gasteiger partial charge in [0.1, 0.15) is 0 Å². The molecule has 0 radical (unpaired) electrons. The van der Waals surface area contributed by atoms with Crippen molar-refractivity contribution in [2.75, 3.05) is 13.1 Å². The number of benzene rings is 1. The Bertz CT molecular complexity index is 623. The number of rotatable bonds is 2. The molecule has 0 saturated carbocycles. The van der Waals surface area contributed by atoms with Crippen LogP contribution < -0.4 is 5.14 Å². The highest BCUT2D eigenvalue weighted by atomic mass is 35.5. The van der Waals surface area contributed by atoms with Crippen molar-refractivity contribution in [2.24, 2.45) is 5.14 Å². The molecule has 0 aromatic heterocycles. The van der Waals surface area contributed by atoms with Crippen molar-refractivity contribution in [1.29, 1.82) is 0 Å². The fraction of sp³-hybridized carbons (Fsp3) is 0.500. The monoisotopic (exact) mass is 330 g/mol. The Morgan fingerprint density at radius 1 is 1.10 bits per heavy atom. The predicted molar refractivity (Wildman–Crippen MR) is 81.8 cm³/mol. The molecule has 0 unspecified atom stereocenters. The SMILES string of the molecule is NS(=O)(=O)c1ccc(Cl)c(C(=O)N2CCCCCCC2)c1. The molecule has 7 heteroatoms. The van der Waals surface area contributed by atoms with Gasteiger partial charge < -0.3 is 4.90 Å². The van der Waals surface area contributed by atoms with E-state index in [0.717, 1.165) is 25.7 Å². The van der Waals surface area contributed by atoms with E-state index >= 15 is 0 Å². The Balaban J connectivity index is 2.29. The first kappa shape index (κ1) is 16.3. The Labute approximate surface area is 130 Å². The van der Waals surface area contributed by atoms with Gasteiger partial charge in [0, 0.05) is 13.1 Å². The maximum Gasteiger partial charge on any atom is 0.255 e. The zero-order valence-corrected chi connectivity index (χ0v) is 13.3. The van der Waals surface area contributed by atoms with Crippen molar-refractivity contribution in [3.05, 3.63) is 28.8 Å². The van der Waals surface area contributed by atoms with Crippen LogP contribution in [-0.2, 0) is 10.0 Å². The van der Waals surface area contributed by atoms with Crippen molar-refractivity contribution < 1.29 is 13.2 Å². The van der Waals surface area contributed by atoms with Crippen molar-refractivity contribution in [3.63, 3.8) is 0 Å². The number of halogens is 1. The van der Waals surface area contributed by atoms with Crippen molar-refractivity contribution in [2.45, 2.75) is 37.0 Å². The summed E-state index contributed by atoms with van der Waals surface area (Å²) >= 11 is 6.05. The second kappa shape index (κ2) is 6.77. The topological polar surface area (TPSA) is 80.5 Å². The van der Waals surface area contributed by atoms with Crippen LogP contribution in [0, 0.1) is 0 Å². The van der Waals surface area contributed by atoms with Gasteiger partial charge in [0.05, 0.1) is 15.5 Å². The van der Waals surface area contributed by atoms with Crippen LogP contribution in [0.1, 0.15) is 42.5 Å². The average molecular weight is 331 g/mol. The number of carbonyl (C=O) groups is 1. The predicted octanol–water partition coefficient (Wildman–Crippen LogP) is 2.39. The highest BCUT2D eigenvalue weighted by Crippen LogP contribution is 2.22. The van der Waals surface area contributed by atoms with Gasteiger partial charge in [-0.3, -0.25) is 4.79 Å². The number of carbonyl (C=O) groups excluding carboxylic acids is 1. The molecular weight excluding hydrogens is 312 g/mol. The summed E-state index contributed by atoms with van der Waals surface area (Å²) in [4.78, 5) is 14.2. The molecule has 1 heterocycles. The Kier molecular flexibility index (Phi) is 5.24. The largest absolute Gasteiger partial charge is 0.339 e. The lowest BCUT2D eigenvalue weighted by atomic mass is 10.1. The normalized spacial score (nSPS) is 17.1. The quantitative estimate of drug-likeness (QED) is 0.904. The number of hydrogen-bond donors (Lipinski definition) is 1. The third-order valence-electron chi connectivity index (χ3n) is 3.64. The van der Waals surface area contributed by atoms with E-state index in [2.05, 4.69) is 0 Å². The maximum absolute atomic E-state index is 12.6. The fourth-order valence-electron chi connectivity index (χ4n) is 2.47. The molecule has 0 atom stereocenters. The van der Waals surface area contributed by atoms with Crippen LogP contribution in [0.15, 0.2) is 23.1 Å². The summed E-state index contributed by atoms with van der Waals surface area (Å²) in [7, 11) is -3.85. The fourth-order valence-corrected chi connectivity index (χ4v) is 3.20. The summed E-state index contributed by atoms with van der Waals surface area (Å²) in [6.45, 7) is 1.35. The van der Waals surface area contributed by atoms with Gasteiger partial charge in [0.25, 0.3) is 5.91 Å². The van der Waals surface area contributed by atoms with Gasteiger partial charge in [0.15, 0.2) is 0 Å². The second-order valence-corrected chi connectivity index (χ2v) is 7.22. The number of likely N-dealkylation sites (tertiary alicyclic amines) is 1. The molecule has 1 saturated heterocycles. The minimum absolute atomic E-state index is 0.0951. The summed E-state index contributed by atoms with van der Waals surface area (Å²) in [5, 5.41) is 5.35. The van der Waals surface area contributed by atoms with E-state index in [1.807, 2.05) is 0 Å². The number of amides is 1. The van der Waals surface area contributed by atoms with E-state index in [0.29, 0.717) is 13.1 Å². The zero-order valence-electron chi connectivity index (χ0n) is 11.7. The molecule has 1 fully saturated rings. The molecule has 116 valence electrons. The lowest BCUT2D eigenvalue weighted by Crippen LogP contribution is -2.34. The number of hydrogen-bond acceptors (Lipinski definition) is 3. The molecule has 1 aliphatic rings. The summed E-state index contributed by atoms with van der Waals surface area (Å²) in [5.41, 5.74) is 0.198. The van der Waals surface area contributed by atoms with Gasteiger partial charge in [0.2, 0.25) is 10.0 Å². The number of nitrogens with two attached hydrogens (primary N) is 1. The van der Waals surface area contributed by atoms with Crippen LogP contribution in [0.2, 0.25) is 5.02 Å². The van der Waals surface area contributed by atoms with E-state index < -0.39 is 10.0 Å². The summed E-state index contributed by atoms with van der Waals surface area (Å²) < 4.78 is 22.8. The Morgan fingerprint density at radius 3 is 2.24 bits per heavy atom. The lowest BCUT2D eigenvalue weighted by Gasteiger charge is -2.25.